The van der Waals surface area contributed by atoms with E-state index in [4.69, 9.17) is 10.8 Å². The summed E-state index contributed by atoms with van der Waals surface area (Å²) in [4.78, 5) is 10.7. The summed E-state index contributed by atoms with van der Waals surface area (Å²) in [5, 5.41) is 8.80. The zero-order valence-corrected chi connectivity index (χ0v) is 7.81. The summed E-state index contributed by atoms with van der Waals surface area (Å²) in [6, 6.07) is 7.32. The van der Waals surface area contributed by atoms with Crippen LogP contribution >= 0.6 is 0 Å². The van der Waals surface area contributed by atoms with Gasteiger partial charge < -0.3 is 10.8 Å². The molecule has 1 unspecified atom stereocenters. The van der Waals surface area contributed by atoms with E-state index in [1.807, 2.05) is 24.3 Å². The minimum Gasteiger partial charge on any atom is -0.480 e. The Morgan fingerprint density at radius 2 is 1.86 bits per heavy atom. The summed E-state index contributed by atoms with van der Waals surface area (Å²) in [6.07, 6.45) is 1.59. The van der Waals surface area contributed by atoms with Gasteiger partial charge in [-0.1, -0.05) is 24.3 Å². The van der Waals surface area contributed by atoms with E-state index in [0.717, 1.165) is 12.8 Å². The standard InChI is InChI=1S/C11H13NO2/c12-10(11(13)14)9-5-7-3-1-2-4-8(7)6-9/h1-4,9-10H,5-6,12H2,(H,13,14). The van der Waals surface area contributed by atoms with Gasteiger partial charge in [0.1, 0.15) is 6.04 Å². The van der Waals surface area contributed by atoms with Crippen molar-refractivity contribution >= 4 is 5.97 Å². The molecule has 0 amide bonds. The molecule has 0 heterocycles. The van der Waals surface area contributed by atoms with Crippen molar-refractivity contribution in [2.24, 2.45) is 11.7 Å². The van der Waals surface area contributed by atoms with E-state index in [2.05, 4.69) is 0 Å². The highest BCUT2D eigenvalue weighted by atomic mass is 16.4. The predicted octanol–water partition coefficient (Wildman–Crippen LogP) is 0.813. The van der Waals surface area contributed by atoms with Gasteiger partial charge in [0.15, 0.2) is 0 Å². The topological polar surface area (TPSA) is 63.3 Å². The third-order valence-electron chi connectivity index (χ3n) is 2.88. The van der Waals surface area contributed by atoms with E-state index in [1.165, 1.54) is 11.1 Å². The van der Waals surface area contributed by atoms with Gasteiger partial charge in [0.2, 0.25) is 0 Å². The molecule has 1 aromatic carbocycles. The van der Waals surface area contributed by atoms with Crippen LogP contribution in [-0.2, 0) is 17.6 Å². The Hall–Kier alpha value is -1.35. The molecular formula is C11H13NO2. The smallest absolute Gasteiger partial charge is 0.320 e. The molecule has 2 rings (SSSR count). The molecule has 0 saturated carbocycles. The first kappa shape index (κ1) is 9.21. The lowest BCUT2D eigenvalue weighted by molar-refractivity contribution is -0.139. The van der Waals surface area contributed by atoms with E-state index in [9.17, 15) is 4.79 Å². The number of carboxylic acids is 1. The quantitative estimate of drug-likeness (QED) is 0.727. The van der Waals surface area contributed by atoms with Crippen molar-refractivity contribution in [1.82, 2.24) is 0 Å². The summed E-state index contributed by atoms with van der Waals surface area (Å²) in [7, 11) is 0. The lowest BCUT2D eigenvalue weighted by Gasteiger charge is -2.13. The number of hydrogen-bond donors (Lipinski definition) is 2. The van der Waals surface area contributed by atoms with Crippen LogP contribution in [0.2, 0.25) is 0 Å². The van der Waals surface area contributed by atoms with Crippen LogP contribution in [0.3, 0.4) is 0 Å². The minimum absolute atomic E-state index is 0.0601. The Balaban J connectivity index is 2.15. The second-order valence-electron chi connectivity index (χ2n) is 3.80. The molecule has 0 bridgehead atoms. The van der Waals surface area contributed by atoms with Crippen LogP contribution in [0.1, 0.15) is 11.1 Å². The van der Waals surface area contributed by atoms with E-state index < -0.39 is 12.0 Å². The molecule has 74 valence electrons. The van der Waals surface area contributed by atoms with Crippen LogP contribution < -0.4 is 5.73 Å². The average molecular weight is 191 g/mol. The molecule has 1 aliphatic carbocycles. The van der Waals surface area contributed by atoms with Crippen molar-refractivity contribution in [3.05, 3.63) is 35.4 Å². The SMILES string of the molecule is NC(C(=O)O)C1Cc2ccccc2C1. The van der Waals surface area contributed by atoms with Crippen molar-refractivity contribution in [2.75, 3.05) is 0 Å². The average Bonchev–Trinajstić information content (AvgIpc) is 2.59. The Labute approximate surface area is 82.5 Å². The fourth-order valence-electron chi connectivity index (χ4n) is 2.05. The van der Waals surface area contributed by atoms with Gasteiger partial charge >= 0.3 is 5.97 Å². The Bertz CT molecular complexity index is 337. The van der Waals surface area contributed by atoms with Crippen LogP contribution in [0.4, 0.5) is 0 Å². The van der Waals surface area contributed by atoms with Gasteiger partial charge in [-0.15, -0.1) is 0 Å². The number of aliphatic carboxylic acids is 1. The first-order valence-electron chi connectivity index (χ1n) is 4.73. The Morgan fingerprint density at radius 1 is 1.36 bits per heavy atom. The Kier molecular flexibility index (Phi) is 2.25. The molecule has 0 radical (unpaired) electrons. The van der Waals surface area contributed by atoms with Gasteiger partial charge in [-0.05, 0) is 29.9 Å². The molecule has 3 heteroatoms. The number of nitrogens with two attached hydrogens (primary N) is 1. The second-order valence-corrected chi connectivity index (χ2v) is 3.80. The largest absolute Gasteiger partial charge is 0.480 e. The highest BCUT2D eigenvalue weighted by Gasteiger charge is 2.29. The van der Waals surface area contributed by atoms with Gasteiger partial charge in [0.25, 0.3) is 0 Å². The molecule has 0 saturated heterocycles. The third kappa shape index (κ3) is 1.51. The molecule has 0 aliphatic heterocycles. The molecule has 0 fully saturated rings. The molecule has 3 nitrogen and oxygen atoms in total. The first-order valence-corrected chi connectivity index (χ1v) is 4.73. The predicted molar refractivity (Wildman–Crippen MR) is 53.0 cm³/mol. The van der Waals surface area contributed by atoms with E-state index in [0.29, 0.717) is 0 Å². The maximum absolute atomic E-state index is 10.7. The first-order chi connectivity index (χ1) is 6.68. The maximum atomic E-state index is 10.7. The fraction of sp³-hybridized carbons (Fsp3) is 0.364. The molecule has 14 heavy (non-hydrogen) atoms. The lowest BCUT2D eigenvalue weighted by Crippen LogP contribution is -2.38. The molecule has 1 atom stereocenters. The van der Waals surface area contributed by atoms with Crippen LogP contribution in [0.15, 0.2) is 24.3 Å². The van der Waals surface area contributed by atoms with Crippen LogP contribution in [-0.4, -0.2) is 17.1 Å². The zero-order valence-electron chi connectivity index (χ0n) is 7.81. The van der Waals surface area contributed by atoms with Gasteiger partial charge in [-0.3, -0.25) is 4.79 Å². The maximum Gasteiger partial charge on any atom is 0.320 e. The molecular weight excluding hydrogens is 178 g/mol. The second kappa shape index (κ2) is 3.42. The highest BCUT2D eigenvalue weighted by Crippen LogP contribution is 2.27. The van der Waals surface area contributed by atoms with Crippen molar-refractivity contribution < 1.29 is 9.90 Å². The number of benzene rings is 1. The number of fused-ring (bicyclic) bond motifs is 1. The third-order valence-corrected chi connectivity index (χ3v) is 2.88. The summed E-state index contributed by atoms with van der Waals surface area (Å²) in [5.74, 6) is -0.840. The normalized spacial score (nSPS) is 17.8. The minimum atomic E-state index is -0.900. The lowest BCUT2D eigenvalue weighted by atomic mass is 9.98. The number of rotatable bonds is 2. The molecule has 1 aromatic rings. The van der Waals surface area contributed by atoms with Crippen molar-refractivity contribution in [3.8, 4) is 0 Å². The summed E-state index contributed by atoms with van der Waals surface area (Å²) < 4.78 is 0. The summed E-state index contributed by atoms with van der Waals surface area (Å²) in [5.41, 5.74) is 8.09. The van der Waals surface area contributed by atoms with Crippen molar-refractivity contribution in [3.63, 3.8) is 0 Å². The number of carbonyl (C=O) groups is 1. The fourth-order valence-corrected chi connectivity index (χ4v) is 2.05. The number of carboxylic acid groups (broad SMARTS) is 1. The molecule has 0 spiro atoms. The van der Waals surface area contributed by atoms with Crippen LogP contribution in [0.25, 0.3) is 0 Å². The van der Waals surface area contributed by atoms with Gasteiger partial charge in [-0.2, -0.15) is 0 Å². The van der Waals surface area contributed by atoms with Crippen molar-refractivity contribution in [1.29, 1.82) is 0 Å². The van der Waals surface area contributed by atoms with Gasteiger partial charge in [-0.25, -0.2) is 0 Å². The van der Waals surface area contributed by atoms with E-state index in [-0.39, 0.29) is 5.92 Å². The van der Waals surface area contributed by atoms with E-state index in [1.54, 1.807) is 0 Å². The molecule has 1 aliphatic rings. The van der Waals surface area contributed by atoms with Gasteiger partial charge in [0.05, 0.1) is 0 Å². The van der Waals surface area contributed by atoms with Crippen LogP contribution in [0, 0.1) is 5.92 Å². The highest BCUT2D eigenvalue weighted by molar-refractivity contribution is 5.73. The number of hydrogen-bond acceptors (Lipinski definition) is 2. The van der Waals surface area contributed by atoms with Gasteiger partial charge in [0, 0.05) is 0 Å². The Morgan fingerprint density at radius 3 is 2.29 bits per heavy atom. The summed E-state index contributed by atoms with van der Waals surface area (Å²) >= 11 is 0. The molecule has 3 N–H and O–H groups in total. The molecule has 0 aromatic heterocycles. The van der Waals surface area contributed by atoms with E-state index >= 15 is 0 Å². The summed E-state index contributed by atoms with van der Waals surface area (Å²) in [6.45, 7) is 0. The van der Waals surface area contributed by atoms with Crippen molar-refractivity contribution in [2.45, 2.75) is 18.9 Å². The zero-order chi connectivity index (χ0) is 10.1. The van der Waals surface area contributed by atoms with Crippen LogP contribution in [0.5, 0.6) is 0 Å². The monoisotopic (exact) mass is 191 g/mol.